The van der Waals surface area contributed by atoms with Gasteiger partial charge < -0.3 is 29.6 Å². The lowest BCUT2D eigenvalue weighted by Gasteiger charge is -2.43. The summed E-state index contributed by atoms with van der Waals surface area (Å²) in [6.45, 7) is 4.12. The van der Waals surface area contributed by atoms with Crippen molar-refractivity contribution in [2.24, 2.45) is 0 Å². The van der Waals surface area contributed by atoms with Crippen LogP contribution in [0.3, 0.4) is 0 Å². The number of carbonyl (C=O) groups excluding carboxylic acids is 2. The second-order valence-electron chi connectivity index (χ2n) is 13.9. The Bertz CT molecular complexity index is 1880. The van der Waals surface area contributed by atoms with Crippen molar-refractivity contribution >= 4 is 59.1 Å². The number of rotatable bonds is 6. The number of amides is 2. The van der Waals surface area contributed by atoms with Gasteiger partial charge in [-0.15, -0.1) is 0 Å². The van der Waals surface area contributed by atoms with Gasteiger partial charge in [0.15, 0.2) is 17.5 Å². The zero-order chi connectivity index (χ0) is 38.4. The highest BCUT2D eigenvalue weighted by Gasteiger charge is 2.42. The molecule has 0 bridgehead atoms. The minimum Gasteiger partial charge on any atom is -0.422 e. The molecule has 2 fully saturated rings. The third kappa shape index (κ3) is 8.18. The van der Waals surface area contributed by atoms with Crippen molar-refractivity contribution in [3.8, 4) is 11.5 Å². The van der Waals surface area contributed by atoms with Gasteiger partial charge >= 0.3 is 7.12 Å². The summed E-state index contributed by atoms with van der Waals surface area (Å²) in [5.74, 6) is 2.55. The summed E-state index contributed by atoms with van der Waals surface area (Å²) < 4.78 is 0. The number of pyridine rings is 2. The maximum absolute atomic E-state index is 12.9. The molecule has 2 aliphatic heterocycles. The summed E-state index contributed by atoms with van der Waals surface area (Å²) in [4.78, 5) is 59.0. The van der Waals surface area contributed by atoms with Crippen LogP contribution < -0.4 is 25.2 Å². The molecule has 284 valence electrons. The van der Waals surface area contributed by atoms with Crippen LogP contribution in [0.2, 0.25) is 5.28 Å². The number of likely N-dealkylation sites (N-methyl/N-ethyl adjacent to an activating group) is 2. The predicted molar refractivity (Wildman–Crippen MR) is 211 cm³/mol. The first-order valence-corrected chi connectivity index (χ1v) is 19.2. The lowest BCUT2D eigenvalue weighted by molar-refractivity contribution is -0.120. The highest BCUT2D eigenvalue weighted by molar-refractivity contribution is 6.57. The molecule has 0 unspecified atom stereocenters. The number of anilines is 4. The zero-order valence-electron chi connectivity index (χ0n) is 31.3. The van der Waals surface area contributed by atoms with Gasteiger partial charge in [0.05, 0.1) is 18.0 Å². The van der Waals surface area contributed by atoms with E-state index < -0.39 is 7.12 Å². The van der Waals surface area contributed by atoms with Gasteiger partial charge in [-0.25, -0.2) is 15.0 Å². The van der Waals surface area contributed by atoms with E-state index in [-0.39, 0.29) is 34.8 Å². The fraction of sp³-hybridized carbons (Fsp3) is 0.474. The summed E-state index contributed by atoms with van der Waals surface area (Å²) >= 11 is 5.97. The standard InChI is InChI=1S/C19H23N5O.C14H19ClN4O.C5H6BNO2/c1-3-15-19(25)23(2)16-12-21-17(14-10-6-7-11-20-14)22-18(16)24(15)13-8-4-5-9-13;1-3-10-13(20)18(2)11-8-16-14(15)17-12(11)19(10)9-6-4-5-7-9;8-6(9)5-3-1-2-4-7-5/h6-7,10-13,15H,3-5,8-9H2,1-2H3;8-10H,3-7H2,1-2H3;1-4,8-9H/t15-;10-;/m11./s1. The Morgan fingerprint density at radius 3 is 1.65 bits per heavy atom. The molecule has 0 spiro atoms. The Hall–Kier alpha value is -4.73. The van der Waals surface area contributed by atoms with Crippen molar-refractivity contribution in [1.29, 1.82) is 0 Å². The minimum absolute atomic E-state index is 0.123. The fourth-order valence-electron chi connectivity index (χ4n) is 7.89. The van der Waals surface area contributed by atoms with Crippen LogP contribution in [-0.4, -0.2) is 97.1 Å². The smallest absolute Gasteiger partial charge is 0.422 e. The van der Waals surface area contributed by atoms with Crippen molar-refractivity contribution in [3.05, 3.63) is 66.5 Å². The molecular weight excluding hydrogens is 707 g/mol. The Labute approximate surface area is 321 Å². The maximum atomic E-state index is 12.9. The largest absolute Gasteiger partial charge is 0.508 e. The molecule has 2 saturated carbocycles. The average Bonchev–Trinajstić information content (AvgIpc) is 3.94. The topological polar surface area (TPSA) is 165 Å². The van der Waals surface area contributed by atoms with Gasteiger partial charge in [0.2, 0.25) is 17.1 Å². The van der Waals surface area contributed by atoms with Gasteiger partial charge in [-0.05, 0) is 74.4 Å². The zero-order valence-corrected chi connectivity index (χ0v) is 32.0. The molecule has 2 aliphatic carbocycles. The molecule has 16 heteroatoms. The first kappa shape index (κ1) is 39.0. The lowest BCUT2D eigenvalue weighted by Crippen LogP contribution is -2.55. The molecule has 2 atom stereocenters. The molecule has 14 nitrogen and oxygen atoms in total. The van der Waals surface area contributed by atoms with Crippen LogP contribution in [0.15, 0.2) is 61.2 Å². The Morgan fingerprint density at radius 1 is 0.704 bits per heavy atom. The number of halogens is 1. The monoisotopic (exact) mass is 754 g/mol. The van der Waals surface area contributed by atoms with E-state index in [1.165, 1.54) is 31.9 Å². The molecular formula is C38H48BClN10O4. The highest BCUT2D eigenvalue weighted by atomic mass is 35.5. The summed E-state index contributed by atoms with van der Waals surface area (Å²) in [6, 6.07) is 11.2. The first-order valence-electron chi connectivity index (χ1n) is 18.8. The van der Waals surface area contributed by atoms with Gasteiger partial charge in [-0.2, -0.15) is 4.98 Å². The van der Waals surface area contributed by atoms with Crippen LogP contribution in [0.4, 0.5) is 23.0 Å². The predicted octanol–water partition coefficient (Wildman–Crippen LogP) is 4.44. The number of hydrogen-bond donors (Lipinski definition) is 2. The van der Waals surface area contributed by atoms with E-state index in [9.17, 15) is 9.59 Å². The van der Waals surface area contributed by atoms with E-state index in [0.29, 0.717) is 17.9 Å². The molecule has 0 radical (unpaired) electrons. The molecule has 4 aliphatic rings. The number of hydrogen-bond acceptors (Lipinski definition) is 12. The van der Waals surface area contributed by atoms with Crippen molar-refractivity contribution in [2.45, 2.75) is 102 Å². The Kier molecular flexibility index (Phi) is 12.7. The molecule has 54 heavy (non-hydrogen) atoms. The van der Waals surface area contributed by atoms with E-state index >= 15 is 0 Å². The average molecular weight is 755 g/mol. The summed E-state index contributed by atoms with van der Waals surface area (Å²) in [5.41, 5.74) is 2.58. The molecule has 4 aromatic heterocycles. The fourth-order valence-corrected chi connectivity index (χ4v) is 8.02. The van der Waals surface area contributed by atoms with E-state index in [1.54, 1.807) is 53.6 Å². The van der Waals surface area contributed by atoms with E-state index in [1.807, 2.05) is 32.2 Å². The van der Waals surface area contributed by atoms with Crippen LogP contribution in [0, 0.1) is 0 Å². The van der Waals surface area contributed by atoms with Gasteiger partial charge in [-0.1, -0.05) is 51.7 Å². The number of nitrogens with zero attached hydrogens (tertiary/aromatic N) is 10. The van der Waals surface area contributed by atoms with Crippen molar-refractivity contribution in [2.75, 3.05) is 33.7 Å². The van der Waals surface area contributed by atoms with Gasteiger partial charge in [0, 0.05) is 38.6 Å². The van der Waals surface area contributed by atoms with Crippen LogP contribution in [0.5, 0.6) is 0 Å². The third-order valence-electron chi connectivity index (χ3n) is 10.6. The molecule has 4 aromatic rings. The molecule has 2 N–H and O–H groups in total. The molecule has 2 amide bonds. The second-order valence-corrected chi connectivity index (χ2v) is 14.3. The SMILES string of the molecule is CC[C@@H]1C(=O)N(C)c2cnc(-c3ccccn3)nc2N1C1CCCC1.CC[C@@H]1C(=O)N(C)c2cnc(Cl)nc2N1C1CCCC1.OB(O)c1ccccn1. The first-order chi connectivity index (χ1) is 26.1. The van der Waals surface area contributed by atoms with Gasteiger partial charge in [0.25, 0.3) is 0 Å². The second kappa shape index (κ2) is 17.6. The summed E-state index contributed by atoms with van der Waals surface area (Å²) in [7, 11) is 2.15. The molecule has 8 rings (SSSR count). The van der Waals surface area contributed by atoms with Crippen LogP contribution in [0.1, 0.15) is 78.1 Å². The molecule has 6 heterocycles. The quantitative estimate of drug-likeness (QED) is 0.211. The van der Waals surface area contributed by atoms with Crippen LogP contribution in [0.25, 0.3) is 11.5 Å². The lowest BCUT2D eigenvalue weighted by atomic mass is 9.86. The number of fused-ring (bicyclic) bond motifs is 2. The Balaban J connectivity index is 0.000000153. The Morgan fingerprint density at radius 2 is 1.20 bits per heavy atom. The van der Waals surface area contributed by atoms with Crippen molar-refractivity contribution in [3.63, 3.8) is 0 Å². The van der Waals surface area contributed by atoms with E-state index in [2.05, 4.69) is 41.6 Å². The molecule has 0 saturated heterocycles. The van der Waals surface area contributed by atoms with E-state index in [0.717, 1.165) is 67.2 Å². The van der Waals surface area contributed by atoms with Crippen LogP contribution >= 0.6 is 11.6 Å². The minimum atomic E-state index is -1.45. The van der Waals surface area contributed by atoms with Crippen molar-refractivity contribution in [1.82, 2.24) is 29.9 Å². The van der Waals surface area contributed by atoms with Gasteiger partial charge in [0.1, 0.15) is 29.2 Å². The third-order valence-corrected chi connectivity index (χ3v) is 10.8. The highest BCUT2D eigenvalue weighted by Crippen LogP contribution is 2.41. The molecule has 0 aromatic carbocycles. The van der Waals surface area contributed by atoms with Crippen molar-refractivity contribution < 1.29 is 19.6 Å². The van der Waals surface area contributed by atoms with Gasteiger partial charge in [-0.3, -0.25) is 19.6 Å². The number of carbonyl (C=O) groups is 2. The summed E-state index contributed by atoms with van der Waals surface area (Å²) in [6.07, 6.45) is 17.6. The maximum Gasteiger partial charge on any atom is 0.508 e. The number of aromatic nitrogens is 6. The van der Waals surface area contributed by atoms with Crippen LogP contribution in [-0.2, 0) is 9.59 Å². The normalized spacial score (nSPS) is 19.8. The van der Waals surface area contributed by atoms with E-state index in [4.69, 9.17) is 26.6 Å². The summed E-state index contributed by atoms with van der Waals surface area (Å²) in [5, 5.41) is 17.3.